The van der Waals surface area contributed by atoms with E-state index in [-0.39, 0.29) is 11.2 Å². The number of hydrogen-bond acceptors (Lipinski definition) is 1. The minimum atomic E-state index is 0.162. The lowest BCUT2D eigenvalue weighted by Gasteiger charge is -2.23. The van der Waals surface area contributed by atoms with Crippen molar-refractivity contribution in [2.45, 2.75) is 47.5 Å². The second kappa shape index (κ2) is 5.88. The summed E-state index contributed by atoms with van der Waals surface area (Å²) in [4.78, 5) is 12.3. The standard InChI is InChI=1S/C16H23ClO/c1-11(10-16(3,4)5)9-14(18)15-12(2)7-6-8-13(15)17/h6-8,11H,9-10H2,1-5H3. The number of rotatable bonds is 4. The topological polar surface area (TPSA) is 17.1 Å². The summed E-state index contributed by atoms with van der Waals surface area (Å²) in [7, 11) is 0. The first-order chi connectivity index (χ1) is 8.20. The van der Waals surface area contributed by atoms with Gasteiger partial charge in [0.05, 0.1) is 5.02 Å². The van der Waals surface area contributed by atoms with Gasteiger partial charge in [0.25, 0.3) is 0 Å². The molecule has 0 aromatic heterocycles. The molecule has 0 saturated carbocycles. The second-order valence-electron chi connectivity index (χ2n) is 6.43. The first-order valence-electron chi connectivity index (χ1n) is 6.49. The number of carbonyl (C=O) groups is 1. The molecule has 0 bridgehead atoms. The van der Waals surface area contributed by atoms with Crippen LogP contribution in [0.5, 0.6) is 0 Å². The zero-order valence-corrected chi connectivity index (χ0v) is 12.8. The van der Waals surface area contributed by atoms with E-state index in [0.717, 1.165) is 12.0 Å². The van der Waals surface area contributed by atoms with Crippen molar-refractivity contribution in [3.8, 4) is 0 Å². The van der Waals surface area contributed by atoms with Gasteiger partial charge in [-0.1, -0.05) is 51.4 Å². The molecule has 0 aliphatic carbocycles. The van der Waals surface area contributed by atoms with Crippen LogP contribution in [0.2, 0.25) is 5.02 Å². The van der Waals surface area contributed by atoms with Crippen LogP contribution in [-0.4, -0.2) is 5.78 Å². The number of ketones is 1. The Bertz CT molecular complexity index is 409. The molecule has 1 unspecified atom stereocenters. The number of halogens is 1. The highest BCUT2D eigenvalue weighted by Gasteiger charge is 2.20. The second-order valence-corrected chi connectivity index (χ2v) is 6.84. The summed E-state index contributed by atoms with van der Waals surface area (Å²) in [5.74, 6) is 0.544. The summed E-state index contributed by atoms with van der Waals surface area (Å²) in [6.07, 6.45) is 1.62. The minimum absolute atomic E-state index is 0.162. The molecule has 0 aliphatic heterocycles. The lowest BCUT2D eigenvalue weighted by molar-refractivity contribution is 0.0954. The number of hydrogen-bond donors (Lipinski definition) is 0. The smallest absolute Gasteiger partial charge is 0.164 e. The van der Waals surface area contributed by atoms with Crippen molar-refractivity contribution >= 4 is 17.4 Å². The van der Waals surface area contributed by atoms with Gasteiger partial charge in [-0.05, 0) is 36.3 Å². The van der Waals surface area contributed by atoms with Crippen LogP contribution in [0.15, 0.2) is 18.2 Å². The first-order valence-corrected chi connectivity index (χ1v) is 6.87. The zero-order valence-electron chi connectivity index (χ0n) is 12.0. The molecule has 1 aromatic rings. The highest BCUT2D eigenvalue weighted by atomic mass is 35.5. The maximum absolute atomic E-state index is 12.3. The predicted molar refractivity (Wildman–Crippen MR) is 78.4 cm³/mol. The summed E-state index contributed by atoms with van der Waals surface area (Å²) in [6.45, 7) is 10.7. The fourth-order valence-electron chi connectivity index (χ4n) is 2.52. The number of carbonyl (C=O) groups excluding carboxylic acids is 1. The van der Waals surface area contributed by atoms with Crippen molar-refractivity contribution < 1.29 is 4.79 Å². The maximum Gasteiger partial charge on any atom is 0.164 e. The van der Waals surface area contributed by atoms with E-state index in [2.05, 4.69) is 27.7 Å². The van der Waals surface area contributed by atoms with Crippen molar-refractivity contribution in [1.82, 2.24) is 0 Å². The maximum atomic E-state index is 12.3. The third kappa shape index (κ3) is 4.45. The van der Waals surface area contributed by atoms with Gasteiger partial charge in [-0.25, -0.2) is 0 Å². The van der Waals surface area contributed by atoms with Crippen LogP contribution in [0, 0.1) is 18.3 Å². The van der Waals surface area contributed by atoms with Crippen molar-refractivity contribution in [3.05, 3.63) is 34.3 Å². The predicted octanol–water partition coefficient (Wildman–Crippen LogP) is 5.29. The van der Waals surface area contributed by atoms with E-state index < -0.39 is 0 Å². The molecule has 0 aliphatic rings. The Labute approximate surface area is 116 Å². The summed E-state index contributed by atoms with van der Waals surface area (Å²) in [5, 5.41) is 0.572. The third-order valence-corrected chi connectivity index (χ3v) is 3.31. The molecule has 0 spiro atoms. The summed E-state index contributed by atoms with van der Waals surface area (Å²) < 4.78 is 0. The molecule has 0 heterocycles. The van der Waals surface area contributed by atoms with Gasteiger partial charge in [0, 0.05) is 12.0 Å². The Morgan fingerprint density at radius 2 is 1.94 bits per heavy atom. The van der Waals surface area contributed by atoms with E-state index in [4.69, 9.17) is 11.6 Å². The van der Waals surface area contributed by atoms with Crippen molar-refractivity contribution in [3.63, 3.8) is 0 Å². The van der Waals surface area contributed by atoms with E-state index >= 15 is 0 Å². The molecular formula is C16H23ClO. The highest BCUT2D eigenvalue weighted by molar-refractivity contribution is 6.34. The van der Waals surface area contributed by atoms with Gasteiger partial charge >= 0.3 is 0 Å². The molecule has 1 aromatic carbocycles. The number of aryl methyl sites for hydroxylation is 1. The Morgan fingerprint density at radius 3 is 2.44 bits per heavy atom. The Kier molecular flexibility index (Phi) is 4.98. The zero-order chi connectivity index (χ0) is 13.9. The fraction of sp³-hybridized carbons (Fsp3) is 0.562. The van der Waals surface area contributed by atoms with Crippen molar-refractivity contribution in [2.75, 3.05) is 0 Å². The van der Waals surface area contributed by atoms with Crippen molar-refractivity contribution in [1.29, 1.82) is 0 Å². The molecule has 0 fully saturated rings. The van der Waals surface area contributed by atoms with Gasteiger partial charge in [0.2, 0.25) is 0 Å². The van der Waals surface area contributed by atoms with E-state index in [0.29, 0.717) is 22.9 Å². The monoisotopic (exact) mass is 266 g/mol. The Morgan fingerprint density at radius 1 is 1.33 bits per heavy atom. The molecule has 2 heteroatoms. The minimum Gasteiger partial charge on any atom is -0.294 e. The Balaban J connectivity index is 2.77. The molecule has 18 heavy (non-hydrogen) atoms. The lowest BCUT2D eigenvalue weighted by Crippen LogP contribution is -2.15. The van der Waals surface area contributed by atoms with Gasteiger partial charge < -0.3 is 0 Å². The Hall–Kier alpha value is -0.820. The average molecular weight is 267 g/mol. The van der Waals surface area contributed by atoms with Crippen LogP contribution in [0.4, 0.5) is 0 Å². The SMILES string of the molecule is Cc1cccc(Cl)c1C(=O)CC(C)CC(C)(C)C. The molecular weight excluding hydrogens is 244 g/mol. The van der Waals surface area contributed by atoms with Gasteiger partial charge in [-0.2, -0.15) is 0 Å². The van der Waals surface area contributed by atoms with Crippen LogP contribution in [0.3, 0.4) is 0 Å². The summed E-state index contributed by atoms with van der Waals surface area (Å²) in [5.41, 5.74) is 1.92. The summed E-state index contributed by atoms with van der Waals surface area (Å²) in [6, 6.07) is 5.61. The summed E-state index contributed by atoms with van der Waals surface area (Å²) >= 11 is 6.12. The van der Waals surface area contributed by atoms with Gasteiger partial charge in [0.1, 0.15) is 0 Å². The van der Waals surface area contributed by atoms with Crippen LogP contribution < -0.4 is 0 Å². The van der Waals surface area contributed by atoms with E-state index in [1.807, 2.05) is 19.1 Å². The van der Waals surface area contributed by atoms with E-state index in [1.54, 1.807) is 6.07 Å². The molecule has 0 saturated heterocycles. The van der Waals surface area contributed by atoms with Gasteiger partial charge in [-0.15, -0.1) is 0 Å². The first kappa shape index (κ1) is 15.2. The quantitative estimate of drug-likeness (QED) is 0.677. The third-order valence-electron chi connectivity index (χ3n) is 3.00. The molecule has 1 atom stereocenters. The number of benzene rings is 1. The van der Waals surface area contributed by atoms with E-state index in [9.17, 15) is 4.79 Å². The lowest BCUT2D eigenvalue weighted by atomic mass is 9.82. The molecule has 100 valence electrons. The molecule has 0 amide bonds. The van der Waals surface area contributed by atoms with Gasteiger partial charge in [0.15, 0.2) is 5.78 Å². The number of Topliss-reactive ketones (excluding diaryl/α,β-unsaturated/α-hetero) is 1. The van der Waals surface area contributed by atoms with Crippen LogP contribution in [0.25, 0.3) is 0 Å². The molecule has 1 rings (SSSR count). The van der Waals surface area contributed by atoms with Crippen LogP contribution in [0.1, 0.15) is 56.5 Å². The molecule has 0 N–H and O–H groups in total. The van der Waals surface area contributed by atoms with Crippen molar-refractivity contribution in [2.24, 2.45) is 11.3 Å². The molecule has 1 nitrogen and oxygen atoms in total. The van der Waals surface area contributed by atoms with Crippen LogP contribution in [-0.2, 0) is 0 Å². The normalized spacial score (nSPS) is 13.4. The highest BCUT2D eigenvalue weighted by Crippen LogP contribution is 2.28. The largest absolute Gasteiger partial charge is 0.294 e. The van der Waals surface area contributed by atoms with Gasteiger partial charge in [-0.3, -0.25) is 4.79 Å². The molecule has 0 radical (unpaired) electrons. The van der Waals surface area contributed by atoms with E-state index in [1.165, 1.54) is 0 Å². The average Bonchev–Trinajstić information content (AvgIpc) is 2.13. The fourth-order valence-corrected chi connectivity index (χ4v) is 2.85. The van der Waals surface area contributed by atoms with Crippen LogP contribution >= 0.6 is 11.6 Å².